The van der Waals surface area contributed by atoms with Gasteiger partial charge in [0.1, 0.15) is 0 Å². The molecule has 0 aliphatic carbocycles. The summed E-state index contributed by atoms with van der Waals surface area (Å²) < 4.78 is 0.622. The van der Waals surface area contributed by atoms with Gasteiger partial charge in [0.2, 0.25) is 0 Å². The molecule has 5 heteroatoms. The molecule has 2 aromatic carbocycles. The van der Waals surface area contributed by atoms with Crippen LogP contribution in [0.1, 0.15) is 25.3 Å². The van der Waals surface area contributed by atoms with Crippen molar-refractivity contribution >= 4 is 39.7 Å². The molecular formula is C15H15IN2O2. The molecule has 20 heavy (non-hydrogen) atoms. The molecule has 0 aliphatic rings. The molecule has 0 radical (unpaired) electrons. The first-order valence-electron chi connectivity index (χ1n) is 6.28. The third kappa shape index (κ3) is 3.47. The Morgan fingerprint density at radius 2 is 1.70 bits per heavy atom. The van der Waals surface area contributed by atoms with Gasteiger partial charge in [-0.25, -0.2) is 0 Å². The molecule has 0 spiro atoms. The molecule has 1 N–H and O–H groups in total. The first-order chi connectivity index (χ1) is 9.47. The average Bonchev–Trinajstić information content (AvgIpc) is 2.39. The number of nitro benzene ring substituents is 1. The average molecular weight is 382 g/mol. The molecule has 4 nitrogen and oxygen atoms in total. The van der Waals surface area contributed by atoms with Crippen LogP contribution in [0.15, 0.2) is 42.5 Å². The zero-order valence-corrected chi connectivity index (χ0v) is 13.4. The van der Waals surface area contributed by atoms with Gasteiger partial charge in [0.25, 0.3) is 5.69 Å². The van der Waals surface area contributed by atoms with Gasteiger partial charge in [-0.15, -0.1) is 0 Å². The number of hydrogen-bond acceptors (Lipinski definition) is 3. The Labute approximate surface area is 131 Å². The summed E-state index contributed by atoms with van der Waals surface area (Å²) in [5.74, 6) is 0.504. The van der Waals surface area contributed by atoms with Gasteiger partial charge >= 0.3 is 0 Å². The van der Waals surface area contributed by atoms with E-state index in [1.54, 1.807) is 12.1 Å². The Morgan fingerprint density at radius 1 is 1.10 bits per heavy atom. The largest absolute Gasteiger partial charge is 0.355 e. The summed E-state index contributed by atoms with van der Waals surface area (Å²) in [7, 11) is 0. The number of nitrogens with zero attached hydrogens (tertiary/aromatic N) is 1. The van der Waals surface area contributed by atoms with E-state index in [1.807, 2.05) is 34.7 Å². The fraction of sp³-hybridized carbons (Fsp3) is 0.200. The van der Waals surface area contributed by atoms with Gasteiger partial charge in [0.05, 0.1) is 8.49 Å². The van der Waals surface area contributed by atoms with E-state index in [2.05, 4.69) is 31.3 Å². The number of nitro groups is 1. The molecule has 2 rings (SSSR count). The second kappa shape index (κ2) is 6.21. The van der Waals surface area contributed by atoms with Crippen LogP contribution >= 0.6 is 22.6 Å². The van der Waals surface area contributed by atoms with Crippen LogP contribution in [0.4, 0.5) is 17.1 Å². The molecule has 104 valence electrons. The molecule has 0 saturated carbocycles. The fourth-order valence-electron chi connectivity index (χ4n) is 1.85. The van der Waals surface area contributed by atoms with E-state index in [4.69, 9.17) is 0 Å². The maximum Gasteiger partial charge on any atom is 0.282 e. The Bertz CT molecular complexity index is 624. The summed E-state index contributed by atoms with van der Waals surface area (Å²) >= 11 is 1.98. The monoisotopic (exact) mass is 382 g/mol. The van der Waals surface area contributed by atoms with Gasteiger partial charge in [-0.05, 0) is 58.3 Å². The quantitative estimate of drug-likeness (QED) is 0.457. The molecule has 0 bridgehead atoms. The Hall–Kier alpha value is -1.63. The number of rotatable bonds is 4. The van der Waals surface area contributed by atoms with Crippen molar-refractivity contribution in [1.29, 1.82) is 0 Å². The van der Waals surface area contributed by atoms with E-state index in [0.29, 0.717) is 9.49 Å². The minimum atomic E-state index is -0.372. The molecule has 0 aliphatic heterocycles. The number of halogens is 1. The van der Waals surface area contributed by atoms with E-state index in [9.17, 15) is 10.1 Å². The minimum absolute atomic E-state index is 0.131. The first kappa shape index (κ1) is 14.8. The van der Waals surface area contributed by atoms with Gasteiger partial charge in [-0.3, -0.25) is 10.1 Å². The Balaban J connectivity index is 2.17. The van der Waals surface area contributed by atoms with Crippen molar-refractivity contribution in [2.24, 2.45) is 0 Å². The number of nitrogens with one attached hydrogen (secondary N) is 1. The SMILES string of the molecule is CC(C)c1ccc(Nc2ccc([N+](=O)[O-])c(I)c2)cc1. The van der Waals surface area contributed by atoms with Crippen LogP contribution in [0.5, 0.6) is 0 Å². The zero-order valence-electron chi connectivity index (χ0n) is 11.3. The highest BCUT2D eigenvalue weighted by Crippen LogP contribution is 2.26. The summed E-state index contributed by atoms with van der Waals surface area (Å²) in [6, 6.07) is 13.2. The molecule has 0 amide bonds. The number of benzene rings is 2. The van der Waals surface area contributed by atoms with Crippen molar-refractivity contribution in [3.05, 3.63) is 61.7 Å². The predicted molar refractivity (Wildman–Crippen MR) is 89.6 cm³/mol. The van der Waals surface area contributed by atoms with Crippen molar-refractivity contribution < 1.29 is 4.92 Å². The van der Waals surface area contributed by atoms with Gasteiger partial charge in [0, 0.05) is 17.4 Å². The van der Waals surface area contributed by atoms with Crippen LogP contribution in [0.3, 0.4) is 0 Å². The molecular weight excluding hydrogens is 367 g/mol. The van der Waals surface area contributed by atoms with Crippen LogP contribution < -0.4 is 5.32 Å². The molecule has 0 aromatic heterocycles. The standard InChI is InChI=1S/C15H15IN2O2/c1-10(2)11-3-5-12(6-4-11)17-13-7-8-15(18(19)20)14(16)9-13/h3-10,17H,1-2H3. The molecule has 0 heterocycles. The third-order valence-corrected chi connectivity index (χ3v) is 3.87. The Kier molecular flexibility index (Phi) is 4.59. The lowest BCUT2D eigenvalue weighted by Crippen LogP contribution is -1.95. The summed E-state index contributed by atoms with van der Waals surface area (Å²) in [6.07, 6.45) is 0. The van der Waals surface area contributed by atoms with Crippen LogP contribution in [-0.4, -0.2) is 4.92 Å². The van der Waals surface area contributed by atoms with E-state index < -0.39 is 0 Å². The van der Waals surface area contributed by atoms with Crippen molar-refractivity contribution in [3.63, 3.8) is 0 Å². The van der Waals surface area contributed by atoms with E-state index >= 15 is 0 Å². The second-order valence-corrected chi connectivity index (χ2v) is 5.99. The number of hydrogen-bond donors (Lipinski definition) is 1. The van der Waals surface area contributed by atoms with Gasteiger partial charge in [-0.1, -0.05) is 26.0 Å². The molecule has 0 unspecified atom stereocenters. The summed E-state index contributed by atoms with van der Waals surface area (Å²) in [6.45, 7) is 4.31. The lowest BCUT2D eigenvalue weighted by Gasteiger charge is -2.09. The second-order valence-electron chi connectivity index (χ2n) is 4.83. The van der Waals surface area contributed by atoms with E-state index in [0.717, 1.165) is 11.4 Å². The highest BCUT2D eigenvalue weighted by Gasteiger charge is 2.11. The lowest BCUT2D eigenvalue weighted by molar-refractivity contribution is -0.385. The van der Waals surface area contributed by atoms with Crippen LogP contribution in [0.25, 0.3) is 0 Å². The lowest BCUT2D eigenvalue weighted by atomic mass is 10.0. The van der Waals surface area contributed by atoms with Crippen LogP contribution in [0.2, 0.25) is 0 Å². The zero-order chi connectivity index (χ0) is 14.7. The topological polar surface area (TPSA) is 55.2 Å². The fourth-order valence-corrected chi connectivity index (χ4v) is 2.56. The van der Waals surface area contributed by atoms with Crippen molar-refractivity contribution in [2.45, 2.75) is 19.8 Å². The summed E-state index contributed by atoms with van der Waals surface area (Å²) in [4.78, 5) is 10.4. The maximum absolute atomic E-state index is 10.8. The molecule has 0 fully saturated rings. The van der Waals surface area contributed by atoms with E-state index in [-0.39, 0.29) is 10.6 Å². The van der Waals surface area contributed by atoms with Gasteiger partial charge in [-0.2, -0.15) is 0 Å². The highest BCUT2D eigenvalue weighted by molar-refractivity contribution is 14.1. The van der Waals surface area contributed by atoms with E-state index in [1.165, 1.54) is 11.6 Å². The minimum Gasteiger partial charge on any atom is -0.355 e. The summed E-state index contributed by atoms with van der Waals surface area (Å²) in [5.41, 5.74) is 3.23. The van der Waals surface area contributed by atoms with Crippen LogP contribution in [0, 0.1) is 13.7 Å². The van der Waals surface area contributed by atoms with Crippen molar-refractivity contribution in [3.8, 4) is 0 Å². The number of anilines is 2. The molecule has 0 atom stereocenters. The molecule has 2 aromatic rings. The summed E-state index contributed by atoms with van der Waals surface area (Å²) in [5, 5.41) is 14.0. The third-order valence-electron chi connectivity index (χ3n) is 3.01. The smallest absolute Gasteiger partial charge is 0.282 e. The normalized spacial score (nSPS) is 10.6. The molecule has 0 saturated heterocycles. The van der Waals surface area contributed by atoms with Gasteiger partial charge < -0.3 is 5.32 Å². The van der Waals surface area contributed by atoms with Crippen LogP contribution in [-0.2, 0) is 0 Å². The maximum atomic E-state index is 10.8. The highest BCUT2D eigenvalue weighted by atomic mass is 127. The van der Waals surface area contributed by atoms with Crippen molar-refractivity contribution in [1.82, 2.24) is 0 Å². The van der Waals surface area contributed by atoms with Gasteiger partial charge in [0.15, 0.2) is 0 Å². The predicted octanol–water partition coefficient (Wildman–Crippen LogP) is 5.07. The first-order valence-corrected chi connectivity index (χ1v) is 7.36. The Morgan fingerprint density at radius 3 is 2.20 bits per heavy atom. The van der Waals surface area contributed by atoms with Crippen molar-refractivity contribution in [2.75, 3.05) is 5.32 Å².